The fraction of sp³-hybridized carbons (Fsp3) is 0.0690. The molecular weight excluding hydrogens is 520 g/mol. The summed E-state index contributed by atoms with van der Waals surface area (Å²) in [6.45, 7) is 2.24. The number of fused-ring (bicyclic) bond motifs is 1. The lowest BCUT2D eigenvalue weighted by molar-refractivity contribution is -0.122. The van der Waals surface area contributed by atoms with Crippen LogP contribution in [0.4, 0.5) is 10.5 Å². The fourth-order valence-electron chi connectivity index (χ4n) is 4.12. The average Bonchev–Trinajstić information content (AvgIpc) is 2.86. The van der Waals surface area contributed by atoms with Crippen LogP contribution in [0.25, 0.3) is 16.8 Å². The van der Waals surface area contributed by atoms with Crippen molar-refractivity contribution in [3.63, 3.8) is 0 Å². The minimum Gasteiger partial charge on any atom is -0.488 e. The van der Waals surface area contributed by atoms with Gasteiger partial charge in [0.2, 0.25) is 0 Å². The third kappa shape index (κ3) is 4.65. The van der Waals surface area contributed by atoms with Crippen molar-refractivity contribution in [1.29, 1.82) is 0 Å². The molecule has 1 fully saturated rings. The quantitative estimate of drug-likeness (QED) is 0.243. The molecule has 1 aliphatic heterocycles. The zero-order chi connectivity index (χ0) is 25.2. The predicted octanol–water partition coefficient (Wildman–Crippen LogP) is 6.16. The van der Waals surface area contributed by atoms with E-state index in [1.807, 2.05) is 37.3 Å². The summed E-state index contributed by atoms with van der Waals surface area (Å²) in [5, 5.41) is 4.53. The van der Waals surface area contributed by atoms with E-state index in [1.165, 1.54) is 6.08 Å². The number of halogens is 1. The first-order chi connectivity index (χ1) is 17.4. The molecule has 4 aromatic rings. The number of carbonyl (C=O) groups is 3. The number of imide groups is 2. The van der Waals surface area contributed by atoms with Gasteiger partial charge in [0.25, 0.3) is 11.8 Å². The molecule has 1 saturated heterocycles. The standard InChI is InChI=1S/C29H21BrN2O4/c1-18-6-4-10-22(14-18)32-28(34)24(27(33)31-29(32)35)15-19-12-13-26(25(30)16-19)36-17-21-9-5-8-20-7-2-3-11-23(20)21/h2-16H,17H2,1H3,(H,31,33,35)/b24-15+. The van der Waals surface area contributed by atoms with Crippen LogP contribution in [0.3, 0.4) is 0 Å². The van der Waals surface area contributed by atoms with Crippen LogP contribution in [0.15, 0.2) is 95.0 Å². The van der Waals surface area contributed by atoms with E-state index in [1.54, 1.807) is 36.4 Å². The number of carbonyl (C=O) groups excluding carboxylic acids is 3. The van der Waals surface area contributed by atoms with Crippen molar-refractivity contribution in [2.45, 2.75) is 13.5 Å². The van der Waals surface area contributed by atoms with E-state index in [0.717, 1.165) is 26.8 Å². The third-order valence-corrected chi connectivity index (χ3v) is 6.51. The number of urea groups is 1. The predicted molar refractivity (Wildman–Crippen MR) is 143 cm³/mol. The van der Waals surface area contributed by atoms with Crippen LogP contribution >= 0.6 is 15.9 Å². The van der Waals surface area contributed by atoms with Gasteiger partial charge in [0.05, 0.1) is 10.2 Å². The van der Waals surface area contributed by atoms with Gasteiger partial charge in [0.1, 0.15) is 17.9 Å². The molecule has 178 valence electrons. The van der Waals surface area contributed by atoms with Gasteiger partial charge in [-0.15, -0.1) is 0 Å². The molecule has 4 aromatic carbocycles. The van der Waals surface area contributed by atoms with Gasteiger partial charge < -0.3 is 4.74 Å². The Labute approximate surface area is 216 Å². The molecule has 0 bridgehead atoms. The van der Waals surface area contributed by atoms with Gasteiger partial charge >= 0.3 is 6.03 Å². The van der Waals surface area contributed by atoms with E-state index in [2.05, 4.69) is 39.4 Å². The summed E-state index contributed by atoms with van der Waals surface area (Å²) < 4.78 is 6.73. The Kier molecular flexibility index (Phi) is 6.40. The molecule has 0 spiro atoms. The molecule has 1 N–H and O–H groups in total. The van der Waals surface area contributed by atoms with Crippen molar-refractivity contribution >= 4 is 56.3 Å². The number of hydrogen-bond acceptors (Lipinski definition) is 4. The lowest BCUT2D eigenvalue weighted by atomic mass is 10.1. The minimum absolute atomic E-state index is 0.132. The van der Waals surface area contributed by atoms with Gasteiger partial charge in [-0.1, -0.05) is 60.7 Å². The molecule has 5 rings (SSSR count). The average molecular weight is 541 g/mol. The number of ether oxygens (including phenoxy) is 1. The Morgan fingerprint density at radius 1 is 0.917 bits per heavy atom. The maximum absolute atomic E-state index is 13.1. The number of benzene rings is 4. The number of amides is 4. The Morgan fingerprint density at radius 2 is 1.69 bits per heavy atom. The van der Waals surface area contributed by atoms with E-state index < -0.39 is 17.8 Å². The SMILES string of the molecule is Cc1cccc(N2C(=O)NC(=O)/C(=C\c3ccc(OCc4cccc5ccccc45)c(Br)c3)C2=O)c1. The lowest BCUT2D eigenvalue weighted by Crippen LogP contribution is -2.54. The van der Waals surface area contributed by atoms with Crippen molar-refractivity contribution < 1.29 is 19.1 Å². The van der Waals surface area contributed by atoms with E-state index in [9.17, 15) is 14.4 Å². The van der Waals surface area contributed by atoms with Crippen LogP contribution in [0.1, 0.15) is 16.7 Å². The molecule has 0 aliphatic carbocycles. The number of nitrogens with one attached hydrogen (secondary N) is 1. The number of anilines is 1. The van der Waals surface area contributed by atoms with E-state index in [4.69, 9.17) is 4.74 Å². The Hall–Kier alpha value is -4.23. The summed E-state index contributed by atoms with van der Waals surface area (Å²) in [5.41, 5.74) is 2.83. The molecule has 36 heavy (non-hydrogen) atoms. The molecule has 0 radical (unpaired) electrons. The second-order valence-electron chi connectivity index (χ2n) is 8.41. The fourth-order valence-corrected chi connectivity index (χ4v) is 4.63. The molecule has 0 atom stereocenters. The highest BCUT2D eigenvalue weighted by molar-refractivity contribution is 9.10. The van der Waals surface area contributed by atoms with Crippen LogP contribution < -0.4 is 15.0 Å². The van der Waals surface area contributed by atoms with Crippen molar-refractivity contribution in [3.05, 3.63) is 112 Å². The molecule has 0 unspecified atom stereocenters. The van der Waals surface area contributed by atoms with Gasteiger partial charge in [0.15, 0.2) is 0 Å². The summed E-state index contributed by atoms with van der Waals surface area (Å²) in [6, 6.07) is 25.7. The topological polar surface area (TPSA) is 75.7 Å². The minimum atomic E-state index is -0.772. The van der Waals surface area contributed by atoms with Crippen LogP contribution in [0.2, 0.25) is 0 Å². The largest absolute Gasteiger partial charge is 0.488 e. The number of rotatable bonds is 5. The molecule has 0 aromatic heterocycles. The van der Waals surface area contributed by atoms with Gasteiger partial charge in [-0.2, -0.15) is 0 Å². The Bertz CT molecular complexity index is 1550. The maximum Gasteiger partial charge on any atom is 0.335 e. The first-order valence-corrected chi connectivity index (χ1v) is 12.1. The highest BCUT2D eigenvalue weighted by atomic mass is 79.9. The summed E-state index contributed by atoms with van der Waals surface area (Å²) in [5.74, 6) is -0.788. The summed E-state index contributed by atoms with van der Waals surface area (Å²) in [6.07, 6.45) is 1.46. The van der Waals surface area contributed by atoms with E-state index >= 15 is 0 Å². The number of barbiturate groups is 1. The van der Waals surface area contributed by atoms with Crippen molar-refractivity contribution in [2.75, 3.05) is 4.90 Å². The highest BCUT2D eigenvalue weighted by Gasteiger charge is 2.36. The second-order valence-corrected chi connectivity index (χ2v) is 9.27. The summed E-state index contributed by atoms with van der Waals surface area (Å²) in [7, 11) is 0. The molecule has 7 heteroatoms. The van der Waals surface area contributed by atoms with E-state index in [-0.39, 0.29) is 5.57 Å². The molecule has 1 heterocycles. The Morgan fingerprint density at radius 3 is 2.50 bits per heavy atom. The molecule has 1 aliphatic rings. The van der Waals surface area contributed by atoms with Crippen LogP contribution in [0.5, 0.6) is 5.75 Å². The first-order valence-electron chi connectivity index (χ1n) is 11.3. The highest BCUT2D eigenvalue weighted by Crippen LogP contribution is 2.30. The van der Waals surface area contributed by atoms with Gasteiger partial charge in [-0.3, -0.25) is 14.9 Å². The van der Waals surface area contributed by atoms with Gasteiger partial charge in [-0.05, 0) is 80.7 Å². The van der Waals surface area contributed by atoms with Crippen LogP contribution in [-0.2, 0) is 16.2 Å². The second kappa shape index (κ2) is 9.79. The molecular formula is C29H21BrN2O4. The van der Waals surface area contributed by atoms with Crippen LogP contribution in [-0.4, -0.2) is 17.8 Å². The van der Waals surface area contributed by atoms with Gasteiger partial charge in [0, 0.05) is 0 Å². The number of hydrogen-bond donors (Lipinski definition) is 1. The van der Waals surface area contributed by atoms with Crippen LogP contribution in [0, 0.1) is 6.92 Å². The zero-order valence-electron chi connectivity index (χ0n) is 19.3. The Balaban J connectivity index is 1.38. The smallest absolute Gasteiger partial charge is 0.335 e. The van der Waals surface area contributed by atoms with Crippen molar-refractivity contribution in [1.82, 2.24) is 5.32 Å². The maximum atomic E-state index is 13.1. The summed E-state index contributed by atoms with van der Waals surface area (Å²) >= 11 is 3.53. The first kappa shape index (κ1) is 23.5. The zero-order valence-corrected chi connectivity index (χ0v) is 20.9. The van der Waals surface area contributed by atoms with Crippen molar-refractivity contribution in [3.8, 4) is 5.75 Å². The third-order valence-electron chi connectivity index (χ3n) is 5.89. The monoisotopic (exact) mass is 540 g/mol. The van der Waals surface area contributed by atoms with Crippen molar-refractivity contribution in [2.24, 2.45) is 0 Å². The van der Waals surface area contributed by atoms with Gasteiger partial charge in [-0.25, -0.2) is 9.69 Å². The molecule has 4 amide bonds. The molecule has 6 nitrogen and oxygen atoms in total. The van der Waals surface area contributed by atoms with E-state index in [0.29, 0.717) is 28.1 Å². The lowest BCUT2D eigenvalue weighted by Gasteiger charge is -2.26. The number of aryl methyl sites for hydroxylation is 1. The number of nitrogens with zero attached hydrogens (tertiary/aromatic N) is 1. The normalized spacial score (nSPS) is 14.9. The summed E-state index contributed by atoms with van der Waals surface area (Å²) in [4.78, 5) is 39.0. The molecule has 0 saturated carbocycles.